The van der Waals surface area contributed by atoms with Crippen LogP contribution in [0.3, 0.4) is 0 Å². The predicted molar refractivity (Wildman–Crippen MR) is 166 cm³/mol. The van der Waals surface area contributed by atoms with Gasteiger partial charge in [0.2, 0.25) is 0 Å². The molecule has 6 aromatic rings. The Bertz CT molecular complexity index is 1970. The monoisotopic (exact) mass is 568 g/mol. The van der Waals surface area contributed by atoms with Gasteiger partial charge in [0.15, 0.2) is 5.58 Å². The topological polar surface area (TPSA) is 102 Å². The number of amides is 1. The van der Waals surface area contributed by atoms with Crippen molar-refractivity contribution >= 4 is 23.0 Å². The Morgan fingerprint density at radius 1 is 0.767 bits per heavy atom. The van der Waals surface area contributed by atoms with E-state index in [0.29, 0.717) is 16.7 Å². The number of benzene rings is 5. The number of carboxylic acid groups (broad SMARTS) is 1. The standard InChI is InChI=1S/C36H28N2O5/c1-23(25-16-18-29(19-17-25)35(40)41)37-34(39)31-20-30(27-10-6-3-7-11-27)21-32-33(31)38(36(42)43-32)22-24-12-14-28(15-13-24)26-8-4-2-5-9-26/h2-21,23H,22H2,1H3,(H,37,39)(H,40,41)/t23-/m0/s1. The predicted octanol–water partition coefficient (Wildman–Crippen LogP) is 7.17. The summed E-state index contributed by atoms with van der Waals surface area (Å²) in [5.74, 6) is -1.96. The van der Waals surface area contributed by atoms with Crippen LogP contribution in [0.4, 0.5) is 0 Å². The van der Waals surface area contributed by atoms with Gasteiger partial charge in [-0.1, -0.05) is 97.1 Å². The summed E-state index contributed by atoms with van der Waals surface area (Å²) in [6, 6.07) is 37.1. The zero-order chi connectivity index (χ0) is 29.9. The molecular formula is C36H28N2O5. The third kappa shape index (κ3) is 5.74. The molecule has 212 valence electrons. The van der Waals surface area contributed by atoms with Crippen molar-refractivity contribution in [2.45, 2.75) is 19.5 Å². The van der Waals surface area contributed by atoms with E-state index in [2.05, 4.69) is 5.32 Å². The van der Waals surface area contributed by atoms with Gasteiger partial charge in [0.25, 0.3) is 5.91 Å². The molecule has 0 fully saturated rings. The fraction of sp³-hybridized carbons (Fsp3) is 0.0833. The second-order valence-corrected chi connectivity index (χ2v) is 10.4. The van der Waals surface area contributed by atoms with Crippen LogP contribution in [0, 0.1) is 0 Å². The third-order valence-corrected chi connectivity index (χ3v) is 7.52. The van der Waals surface area contributed by atoms with Gasteiger partial charge in [0.05, 0.1) is 23.7 Å². The highest BCUT2D eigenvalue weighted by Gasteiger charge is 2.22. The maximum Gasteiger partial charge on any atom is 0.420 e. The summed E-state index contributed by atoms with van der Waals surface area (Å²) in [6.07, 6.45) is 0. The first kappa shape index (κ1) is 27.5. The lowest BCUT2D eigenvalue weighted by atomic mass is 10.0. The lowest BCUT2D eigenvalue weighted by Gasteiger charge is -2.16. The van der Waals surface area contributed by atoms with E-state index in [1.54, 1.807) is 24.3 Å². The van der Waals surface area contributed by atoms with Crippen LogP contribution in [0.1, 0.15) is 44.8 Å². The minimum absolute atomic E-state index is 0.166. The smallest absolute Gasteiger partial charge is 0.420 e. The molecule has 7 heteroatoms. The molecule has 0 unspecified atom stereocenters. The van der Waals surface area contributed by atoms with Crippen molar-refractivity contribution < 1.29 is 19.1 Å². The average Bonchev–Trinajstić information content (AvgIpc) is 3.36. The summed E-state index contributed by atoms with van der Waals surface area (Å²) >= 11 is 0. The molecule has 1 aromatic heterocycles. The number of oxazole rings is 1. The first-order valence-corrected chi connectivity index (χ1v) is 13.9. The third-order valence-electron chi connectivity index (χ3n) is 7.52. The highest BCUT2D eigenvalue weighted by molar-refractivity contribution is 6.06. The van der Waals surface area contributed by atoms with Crippen LogP contribution in [0.15, 0.2) is 131 Å². The van der Waals surface area contributed by atoms with Crippen molar-refractivity contribution in [3.8, 4) is 22.3 Å². The van der Waals surface area contributed by atoms with Crippen molar-refractivity contribution in [1.29, 1.82) is 0 Å². The molecule has 1 heterocycles. The number of rotatable bonds is 8. The average molecular weight is 569 g/mol. The number of fused-ring (bicyclic) bond motifs is 1. The Hall–Kier alpha value is -5.69. The fourth-order valence-electron chi connectivity index (χ4n) is 5.21. The zero-order valence-electron chi connectivity index (χ0n) is 23.4. The molecular weight excluding hydrogens is 540 g/mol. The Morgan fingerprint density at radius 2 is 1.35 bits per heavy atom. The zero-order valence-corrected chi connectivity index (χ0v) is 23.4. The van der Waals surface area contributed by atoms with Gasteiger partial charge in [-0.25, -0.2) is 9.59 Å². The number of aromatic nitrogens is 1. The van der Waals surface area contributed by atoms with Gasteiger partial charge in [0.1, 0.15) is 5.52 Å². The molecule has 0 spiro atoms. The highest BCUT2D eigenvalue weighted by Crippen LogP contribution is 2.29. The summed E-state index contributed by atoms with van der Waals surface area (Å²) < 4.78 is 7.20. The Balaban J connectivity index is 1.38. The van der Waals surface area contributed by atoms with Gasteiger partial charge in [0, 0.05) is 0 Å². The molecule has 0 aliphatic heterocycles. The molecule has 0 saturated heterocycles. The summed E-state index contributed by atoms with van der Waals surface area (Å²) in [7, 11) is 0. The van der Waals surface area contributed by atoms with E-state index >= 15 is 0 Å². The number of nitrogens with one attached hydrogen (secondary N) is 1. The molecule has 1 atom stereocenters. The van der Waals surface area contributed by atoms with E-state index < -0.39 is 17.8 Å². The largest absolute Gasteiger partial charge is 0.478 e. The summed E-state index contributed by atoms with van der Waals surface area (Å²) in [5.41, 5.74) is 6.60. The minimum Gasteiger partial charge on any atom is -0.478 e. The van der Waals surface area contributed by atoms with Crippen LogP contribution >= 0.6 is 0 Å². The molecule has 0 aliphatic rings. The Labute approximate surface area is 247 Å². The fourth-order valence-corrected chi connectivity index (χ4v) is 5.21. The SMILES string of the molecule is C[C@H](NC(=O)c1cc(-c2ccccc2)cc2oc(=O)n(Cc3ccc(-c4ccccc4)cc3)c12)c1ccc(C(=O)O)cc1. The van der Waals surface area contributed by atoms with Crippen molar-refractivity contribution in [1.82, 2.24) is 9.88 Å². The van der Waals surface area contributed by atoms with Crippen LogP contribution < -0.4 is 11.1 Å². The molecule has 0 radical (unpaired) electrons. The van der Waals surface area contributed by atoms with Crippen LogP contribution in [-0.4, -0.2) is 21.6 Å². The van der Waals surface area contributed by atoms with Gasteiger partial charge in [-0.3, -0.25) is 9.36 Å². The molecule has 0 saturated carbocycles. The van der Waals surface area contributed by atoms with E-state index in [-0.39, 0.29) is 18.0 Å². The van der Waals surface area contributed by atoms with Crippen molar-refractivity contribution in [2.75, 3.05) is 0 Å². The lowest BCUT2D eigenvalue weighted by molar-refractivity contribution is 0.0696. The number of hydrogen-bond acceptors (Lipinski definition) is 4. The van der Waals surface area contributed by atoms with E-state index in [9.17, 15) is 19.5 Å². The first-order valence-electron chi connectivity index (χ1n) is 13.9. The maximum absolute atomic E-state index is 13.9. The molecule has 1 amide bonds. The quantitative estimate of drug-likeness (QED) is 0.203. The molecule has 6 rings (SSSR count). The van der Waals surface area contributed by atoms with E-state index in [4.69, 9.17) is 4.42 Å². The van der Waals surface area contributed by atoms with Gasteiger partial charge < -0.3 is 14.8 Å². The summed E-state index contributed by atoms with van der Waals surface area (Å²) in [5, 5.41) is 12.2. The molecule has 7 nitrogen and oxygen atoms in total. The number of aromatic carboxylic acids is 1. The van der Waals surface area contributed by atoms with Crippen LogP contribution in [0.5, 0.6) is 0 Å². The van der Waals surface area contributed by atoms with Crippen molar-refractivity contribution in [3.05, 3.63) is 154 Å². The number of nitrogens with zero attached hydrogens (tertiary/aromatic N) is 1. The number of carbonyl (C=O) groups is 2. The van der Waals surface area contributed by atoms with Crippen molar-refractivity contribution in [3.63, 3.8) is 0 Å². The van der Waals surface area contributed by atoms with Crippen LogP contribution in [0.2, 0.25) is 0 Å². The molecule has 5 aromatic carbocycles. The van der Waals surface area contributed by atoms with Crippen molar-refractivity contribution in [2.24, 2.45) is 0 Å². The number of carbonyl (C=O) groups excluding carboxylic acids is 1. The van der Waals surface area contributed by atoms with Crippen LogP contribution in [-0.2, 0) is 6.54 Å². The molecule has 0 aliphatic carbocycles. The van der Waals surface area contributed by atoms with E-state index in [0.717, 1.165) is 33.4 Å². The maximum atomic E-state index is 13.9. The minimum atomic E-state index is -1.02. The Kier molecular flexibility index (Phi) is 7.45. The molecule has 0 bridgehead atoms. The highest BCUT2D eigenvalue weighted by atomic mass is 16.4. The number of hydrogen-bond donors (Lipinski definition) is 2. The van der Waals surface area contributed by atoms with E-state index in [1.165, 1.54) is 16.7 Å². The number of carboxylic acids is 1. The normalized spacial score (nSPS) is 11.7. The molecule has 2 N–H and O–H groups in total. The first-order chi connectivity index (χ1) is 20.9. The summed E-state index contributed by atoms with van der Waals surface area (Å²) in [4.78, 5) is 38.3. The lowest BCUT2D eigenvalue weighted by Crippen LogP contribution is -2.28. The summed E-state index contributed by atoms with van der Waals surface area (Å²) in [6.45, 7) is 2.04. The van der Waals surface area contributed by atoms with E-state index in [1.807, 2.05) is 91.9 Å². The van der Waals surface area contributed by atoms with Gasteiger partial charge in [-0.05, 0) is 64.6 Å². The van der Waals surface area contributed by atoms with Crippen LogP contribution in [0.25, 0.3) is 33.4 Å². The Morgan fingerprint density at radius 3 is 1.95 bits per heavy atom. The van der Waals surface area contributed by atoms with Gasteiger partial charge in [-0.2, -0.15) is 0 Å². The van der Waals surface area contributed by atoms with Gasteiger partial charge in [-0.15, -0.1) is 0 Å². The van der Waals surface area contributed by atoms with Gasteiger partial charge >= 0.3 is 11.7 Å². The second-order valence-electron chi connectivity index (χ2n) is 10.4. The molecule has 43 heavy (non-hydrogen) atoms. The second kappa shape index (κ2) is 11.7.